The van der Waals surface area contributed by atoms with Crippen LogP contribution in [0.1, 0.15) is 26.3 Å². The maximum absolute atomic E-state index is 5.91. The average molecular weight is 227 g/mol. The predicted octanol–water partition coefficient (Wildman–Crippen LogP) is 3.62. The van der Waals surface area contributed by atoms with Gasteiger partial charge in [-0.2, -0.15) is 0 Å². The van der Waals surface area contributed by atoms with Gasteiger partial charge in [0.1, 0.15) is 0 Å². The fraction of sp³-hybridized carbons (Fsp3) is 0.500. The van der Waals surface area contributed by atoms with Crippen LogP contribution in [-0.4, -0.2) is 16.6 Å². The highest BCUT2D eigenvalue weighted by atomic mass is 35.5. The fourth-order valence-corrected chi connectivity index (χ4v) is 1.67. The summed E-state index contributed by atoms with van der Waals surface area (Å²) in [5, 5.41) is 2.00. The third kappa shape index (κ3) is 3.73. The number of rotatable bonds is 3. The van der Waals surface area contributed by atoms with E-state index in [0.717, 1.165) is 5.69 Å². The van der Waals surface area contributed by atoms with Gasteiger partial charge >= 0.3 is 0 Å². The van der Waals surface area contributed by atoms with E-state index in [0.29, 0.717) is 6.00 Å². The minimum absolute atomic E-state index is 0.00545. The number of hydrogen-bond acceptors (Lipinski definition) is 2. The van der Waals surface area contributed by atoms with E-state index < -0.39 is 0 Å². The van der Waals surface area contributed by atoms with E-state index in [1.807, 2.05) is 17.1 Å². The lowest BCUT2D eigenvalue weighted by Gasteiger charge is -2.34. The molecule has 0 aliphatic carbocycles. The van der Waals surface area contributed by atoms with Gasteiger partial charge in [-0.15, -0.1) is 11.6 Å². The highest BCUT2D eigenvalue weighted by Gasteiger charge is 2.20. The molecule has 84 valence electrons. The smallest absolute Gasteiger partial charge is 0.0928 e. The van der Waals surface area contributed by atoms with Gasteiger partial charge in [0.25, 0.3) is 0 Å². The van der Waals surface area contributed by atoms with Crippen molar-refractivity contribution in [3.05, 3.63) is 29.8 Å². The van der Waals surface area contributed by atoms with Crippen LogP contribution in [-0.2, 0) is 0 Å². The molecule has 1 aromatic rings. The number of aryl methyl sites for hydroxylation is 1. The first kappa shape index (κ1) is 12.3. The van der Waals surface area contributed by atoms with Crippen LogP contribution in [0.5, 0.6) is 0 Å². The Morgan fingerprint density at radius 1 is 1.33 bits per heavy atom. The molecule has 0 spiro atoms. The number of hydrazine groups is 1. The van der Waals surface area contributed by atoms with E-state index in [4.69, 9.17) is 11.6 Å². The van der Waals surface area contributed by atoms with Gasteiger partial charge in [0.15, 0.2) is 0 Å². The summed E-state index contributed by atoms with van der Waals surface area (Å²) in [6.07, 6.45) is 0. The van der Waals surface area contributed by atoms with E-state index in [9.17, 15) is 0 Å². The Labute approximate surface area is 97.2 Å². The molecule has 0 atom stereocenters. The summed E-state index contributed by atoms with van der Waals surface area (Å²) in [5.74, 6) is 0. The number of alkyl halides is 1. The van der Waals surface area contributed by atoms with Crippen LogP contribution in [0.15, 0.2) is 24.3 Å². The van der Waals surface area contributed by atoms with Crippen molar-refractivity contribution in [2.75, 3.05) is 11.4 Å². The maximum Gasteiger partial charge on any atom is 0.0928 e. The van der Waals surface area contributed by atoms with Crippen molar-refractivity contribution < 1.29 is 0 Å². The number of hydrogen-bond donors (Lipinski definition) is 1. The third-order valence-electron chi connectivity index (χ3n) is 2.21. The van der Waals surface area contributed by atoms with Crippen LogP contribution < -0.4 is 5.43 Å². The zero-order valence-corrected chi connectivity index (χ0v) is 10.6. The fourth-order valence-electron chi connectivity index (χ4n) is 1.25. The summed E-state index contributed by atoms with van der Waals surface area (Å²) in [4.78, 5) is 0. The van der Waals surface area contributed by atoms with E-state index in [1.165, 1.54) is 5.56 Å². The molecule has 1 aromatic carbocycles. The van der Waals surface area contributed by atoms with E-state index in [2.05, 4.69) is 45.3 Å². The van der Waals surface area contributed by atoms with Crippen molar-refractivity contribution in [2.24, 2.45) is 0 Å². The van der Waals surface area contributed by atoms with Gasteiger partial charge in [-0.05, 0) is 45.4 Å². The molecule has 0 unspecified atom stereocenters. The van der Waals surface area contributed by atoms with Gasteiger partial charge in [-0.1, -0.05) is 12.1 Å². The van der Waals surface area contributed by atoms with E-state index >= 15 is 0 Å². The molecule has 0 aliphatic heterocycles. The molecular formula is C12H19ClN2. The van der Waals surface area contributed by atoms with Crippen molar-refractivity contribution >= 4 is 17.3 Å². The predicted molar refractivity (Wildman–Crippen MR) is 67.1 cm³/mol. The van der Waals surface area contributed by atoms with Crippen molar-refractivity contribution in [1.29, 1.82) is 0 Å². The van der Waals surface area contributed by atoms with Gasteiger partial charge in [0.2, 0.25) is 0 Å². The molecule has 0 fully saturated rings. The van der Waals surface area contributed by atoms with Crippen molar-refractivity contribution in [3.63, 3.8) is 0 Å². The summed E-state index contributed by atoms with van der Waals surface area (Å²) in [6.45, 7) is 8.45. The van der Waals surface area contributed by atoms with E-state index in [-0.39, 0.29) is 5.54 Å². The summed E-state index contributed by atoms with van der Waals surface area (Å²) in [5.41, 5.74) is 5.63. The van der Waals surface area contributed by atoms with E-state index in [1.54, 1.807) is 0 Å². The second kappa shape index (κ2) is 4.86. The molecule has 0 aliphatic rings. The first-order valence-electron chi connectivity index (χ1n) is 5.10. The Morgan fingerprint density at radius 3 is 2.47 bits per heavy atom. The topological polar surface area (TPSA) is 15.3 Å². The second-order valence-corrected chi connectivity index (χ2v) is 4.94. The van der Waals surface area contributed by atoms with Crippen molar-refractivity contribution in [3.8, 4) is 0 Å². The Bertz CT molecular complexity index is 318. The first-order chi connectivity index (χ1) is 6.93. The van der Waals surface area contributed by atoms with Gasteiger partial charge < -0.3 is 5.43 Å². The molecule has 0 heterocycles. The number of nitrogens with one attached hydrogen (secondary N) is 1. The first-order valence-corrected chi connectivity index (χ1v) is 5.64. The monoisotopic (exact) mass is 226 g/mol. The number of nitrogens with zero attached hydrogens (tertiary/aromatic N) is 1. The third-order valence-corrected chi connectivity index (χ3v) is 2.45. The average Bonchev–Trinajstić information content (AvgIpc) is 2.12. The zero-order valence-electron chi connectivity index (χ0n) is 9.84. The van der Waals surface area contributed by atoms with Crippen LogP contribution in [0.3, 0.4) is 0 Å². The van der Waals surface area contributed by atoms with Gasteiger partial charge in [-0.3, -0.25) is 0 Å². The molecule has 0 saturated carbocycles. The lowest BCUT2D eigenvalue weighted by Crippen LogP contribution is -2.44. The van der Waals surface area contributed by atoms with Crippen LogP contribution in [0, 0.1) is 6.92 Å². The van der Waals surface area contributed by atoms with Gasteiger partial charge in [-0.25, -0.2) is 5.01 Å². The summed E-state index contributed by atoms with van der Waals surface area (Å²) in [6, 6.07) is 8.71. The molecule has 3 heteroatoms. The highest BCUT2D eigenvalue weighted by Crippen LogP contribution is 2.17. The normalized spacial score (nSPS) is 11.9. The molecule has 0 aromatic heterocycles. The molecule has 0 radical (unpaired) electrons. The van der Waals surface area contributed by atoms with Crippen molar-refractivity contribution in [2.45, 2.75) is 33.2 Å². The lowest BCUT2D eigenvalue weighted by molar-refractivity contribution is 0.203. The molecular weight excluding hydrogens is 208 g/mol. The molecule has 0 bridgehead atoms. The number of benzene rings is 1. The van der Waals surface area contributed by atoms with Gasteiger partial charge in [0, 0.05) is 11.2 Å². The molecule has 2 nitrogen and oxygen atoms in total. The molecule has 15 heavy (non-hydrogen) atoms. The Balaban J connectivity index is 2.76. The molecule has 0 saturated heterocycles. The van der Waals surface area contributed by atoms with Crippen molar-refractivity contribution in [1.82, 2.24) is 5.01 Å². The quantitative estimate of drug-likeness (QED) is 0.481. The summed E-state index contributed by atoms with van der Waals surface area (Å²) in [7, 11) is 0. The largest absolute Gasteiger partial charge is 0.317 e. The lowest BCUT2D eigenvalue weighted by atomic mass is 10.1. The zero-order chi connectivity index (χ0) is 11.5. The van der Waals surface area contributed by atoms with Crippen LogP contribution in [0.2, 0.25) is 0 Å². The highest BCUT2D eigenvalue weighted by molar-refractivity contribution is 6.17. The number of anilines is 1. The Hall–Kier alpha value is -0.730. The summed E-state index contributed by atoms with van der Waals surface area (Å²) < 4.78 is 0. The van der Waals surface area contributed by atoms with Crippen LogP contribution in [0.4, 0.5) is 5.69 Å². The SMILES string of the molecule is Cc1cccc(NN(CCl)C(C)(C)C)c1. The van der Waals surface area contributed by atoms with Gasteiger partial charge in [0.05, 0.1) is 6.00 Å². The Kier molecular flexibility index (Phi) is 4.00. The minimum atomic E-state index is 0.00545. The summed E-state index contributed by atoms with van der Waals surface area (Å²) >= 11 is 5.91. The minimum Gasteiger partial charge on any atom is -0.317 e. The second-order valence-electron chi connectivity index (χ2n) is 4.70. The van der Waals surface area contributed by atoms with Crippen LogP contribution >= 0.6 is 11.6 Å². The molecule has 0 amide bonds. The van der Waals surface area contributed by atoms with Crippen LogP contribution in [0.25, 0.3) is 0 Å². The maximum atomic E-state index is 5.91. The Morgan fingerprint density at radius 2 is 2.00 bits per heavy atom. The molecule has 1 rings (SSSR count). The number of halogens is 1. The standard InChI is InChI=1S/C12H19ClN2/c1-10-6-5-7-11(8-10)14-15(9-13)12(2,3)4/h5-8,14H,9H2,1-4H3. The molecule has 1 N–H and O–H groups in total.